The van der Waals surface area contributed by atoms with Gasteiger partial charge in [0.25, 0.3) is 15.9 Å². The number of rotatable bonds is 5. The zero-order chi connectivity index (χ0) is 23.8. The minimum Gasteiger partial charge on any atom is -0.360 e. The number of pyridine rings is 1. The summed E-state index contributed by atoms with van der Waals surface area (Å²) in [7, 11) is -3.99. The summed E-state index contributed by atoms with van der Waals surface area (Å²) in [5.41, 5.74) is 0.846. The molecule has 0 saturated heterocycles. The number of nitrogens with one attached hydrogen (secondary N) is 3. The van der Waals surface area contributed by atoms with Gasteiger partial charge in [0.2, 0.25) is 5.43 Å². The molecule has 3 N–H and O–H groups in total. The van der Waals surface area contributed by atoms with E-state index in [1.165, 1.54) is 24.4 Å². The molecule has 0 spiro atoms. The quantitative estimate of drug-likeness (QED) is 0.488. The predicted molar refractivity (Wildman–Crippen MR) is 130 cm³/mol. The van der Waals surface area contributed by atoms with Crippen LogP contribution in [0.4, 0.5) is 5.69 Å². The van der Waals surface area contributed by atoms with Crippen LogP contribution in [0.3, 0.4) is 0 Å². The van der Waals surface area contributed by atoms with Gasteiger partial charge in [-0.25, -0.2) is 8.42 Å². The Kier molecular flexibility index (Phi) is 6.50. The highest BCUT2D eigenvalue weighted by atomic mass is 35.5. The lowest BCUT2D eigenvalue weighted by atomic mass is 9.86. The van der Waals surface area contributed by atoms with E-state index in [4.69, 9.17) is 11.6 Å². The summed E-state index contributed by atoms with van der Waals surface area (Å²) in [5, 5.41) is 3.55. The van der Waals surface area contributed by atoms with E-state index < -0.39 is 21.4 Å². The minimum absolute atomic E-state index is 0.0261. The van der Waals surface area contributed by atoms with Crippen molar-refractivity contribution in [2.75, 3.05) is 4.72 Å². The number of hydrogen-bond donors (Lipinski definition) is 3. The number of anilines is 1. The van der Waals surface area contributed by atoms with E-state index in [9.17, 15) is 18.0 Å². The van der Waals surface area contributed by atoms with Crippen molar-refractivity contribution in [2.45, 2.75) is 50.5 Å². The maximum Gasteiger partial charge on any atom is 0.261 e. The molecule has 174 valence electrons. The number of H-pyrrole nitrogens is 1. The number of carbonyl (C=O) groups is 1. The van der Waals surface area contributed by atoms with Gasteiger partial charge >= 0.3 is 0 Å². The summed E-state index contributed by atoms with van der Waals surface area (Å²) < 4.78 is 28.5. The van der Waals surface area contributed by atoms with Crippen LogP contribution in [0.1, 0.15) is 48.5 Å². The normalized spacial score (nSPS) is 18.8. The molecule has 0 bridgehead atoms. The van der Waals surface area contributed by atoms with Crippen molar-refractivity contribution in [3.8, 4) is 0 Å². The van der Waals surface area contributed by atoms with Gasteiger partial charge in [-0.15, -0.1) is 0 Å². The molecule has 1 fully saturated rings. The standard InChI is InChI=1S/C24H26ClN3O4S/c1-14-6-3-4-8-20(14)27-24(30)18-13-26-22-11-10-16(12-17(22)23(18)29)33(31,32)28-21-9-5-7-19(25)15(21)2/h5,7,9-14,20,28H,3-4,6,8H2,1-2H3,(H,26,29)(H,27,30)/t14-,20-/m1/s1. The van der Waals surface area contributed by atoms with Crippen LogP contribution in [-0.4, -0.2) is 25.4 Å². The summed E-state index contributed by atoms with van der Waals surface area (Å²) in [6.07, 6.45) is 5.50. The highest BCUT2D eigenvalue weighted by Gasteiger charge is 2.25. The van der Waals surface area contributed by atoms with Gasteiger partial charge in [0, 0.05) is 28.2 Å². The number of hydrogen-bond acceptors (Lipinski definition) is 4. The Labute approximate surface area is 197 Å². The van der Waals surface area contributed by atoms with Crippen molar-refractivity contribution in [3.63, 3.8) is 0 Å². The molecule has 1 heterocycles. The van der Waals surface area contributed by atoms with E-state index in [1.807, 2.05) is 0 Å². The first-order valence-electron chi connectivity index (χ1n) is 10.9. The third-order valence-electron chi connectivity index (χ3n) is 6.35. The number of aromatic nitrogens is 1. The van der Waals surface area contributed by atoms with E-state index in [1.54, 1.807) is 25.1 Å². The van der Waals surface area contributed by atoms with Gasteiger partial charge in [-0.2, -0.15) is 0 Å². The number of fused-ring (bicyclic) bond motifs is 1. The lowest BCUT2D eigenvalue weighted by Gasteiger charge is -2.29. The first kappa shape index (κ1) is 23.3. The number of sulfonamides is 1. The van der Waals surface area contributed by atoms with Crippen molar-refractivity contribution in [3.05, 3.63) is 69.0 Å². The van der Waals surface area contributed by atoms with Crippen LogP contribution in [0.15, 0.2) is 52.3 Å². The van der Waals surface area contributed by atoms with Crippen LogP contribution in [0.25, 0.3) is 10.9 Å². The molecule has 1 aliphatic carbocycles. The van der Waals surface area contributed by atoms with E-state index in [0.29, 0.717) is 27.7 Å². The first-order chi connectivity index (χ1) is 15.7. The summed E-state index contributed by atoms with van der Waals surface area (Å²) in [6, 6.07) is 9.17. The Morgan fingerprint density at radius 1 is 1.15 bits per heavy atom. The average Bonchev–Trinajstić information content (AvgIpc) is 2.78. The first-order valence-corrected chi connectivity index (χ1v) is 12.8. The molecule has 3 aromatic rings. The molecule has 0 aliphatic heterocycles. The lowest BCUT2D eigenvalue weighted by molar-refractivity contribution is 0.0909. The number of aromatic amines is 1. The van der Waals surface area contributed by atoms with Gasteiger partial charge in [-0.3, -0.25) is 14.3 Å². The Hall–Kier alpha value is -2.84. The summed E-state index contributed by atoms with van der Waals surface area (Å²) in [6.45, 7) is 3.81. The fraction of sp³-hybridized carbons (Fsp3) is 0.333. The van der Waals surface area contributed by atoms with Gasteiger partial charge < -0.3 is 10.3 Å². The molecule has 4 rings (SSSR count). The molecule has 2 aromatic carbocycles. The molecule has 0 unspecified atom stereocenters. The second-order valence-corrected chi connectivity index (χ2v) is 10.7. The highest BCUT2D eigenvalue weighted by Crippen LogP contribution is 2.26. The van der Waals surface area contributed by atoms with Crippen LogP contribution in [-0.2, 0) is 10.0 Å². The summed E-state index contributed by atoms with van der Waals surface area (Å²) in [4.78, 5) is 28.8. The molecule has 1 amide bonds. The molecule has 2 atom stereocenters. The lowest BCUT2D eigenvalue weighted by Crippen LogP contribution is -2.42. The maximum atomic E-state index is 13.1. The average molecular weight is 488 g/mol. The summed E-state index contributed by atoms with van der Waals surface area (Å²) in [5.74, 6) is -0.0992. The number of carbonyl (C=O) groups excluding carboxylic acids is 1. The minimum atomic E-state index is -3.99. The van der Waals surface area contributed by atoms with Crippen LogP contribution in [0, 0.1) is 12.8 Å². The molecule has 33 heavy (non-hydrogen) atoms. The number of halogens is 1. The second-order valence-electron chi connectivity index (χ2n) is 8.60. The van der Waals surface area contributed by atoms with E-state index in [0.717, 1.165) is 25.7 Å². The van der Waals surface area contributed by atoms with Crippen molar-refractivity contribution < 1.29 is 13.2 Å². The second kappa shape index (κ2) is 9.19. The van der Waals surface area contributed by atoms with E-state index in [-0.39, 0.29) is 21.9 Å². The van der Waals surface area contributed by atoms with E-state index >= 15 is 0 Å². The molecule has 1 aromatic heterocycles. The monoisotopic (exact) mass is 487 g/mol. The zero-order valence-corrected chi connectivity index (χ0v) is 20.0. The Balaban J connectivity index is 1.66. The predicted octanol–water partition coefficient (Wildman–Crippen LogP) is 4.60. The van der Waals surface area contributed by atoms with Gasteiger partial charge in [-0.1, -0.05) is 37.4 Å². The van der Waals surface area contributed by atoms with Gasteiger partial charge in [0.05, 0.1) is 10.6 Å². The maximum absolute atomic E-state index is 13.1. The largest absolute Gasteiger partial charge is 0.360 e. The fourth-order valence-electron chi connectivity index (χ4n) is 4.23. The van der Waals surface area contributed by atoms with Crippen LogP contribution in [0.5, 0.6) is 0 Å². The number of amides is 1. The molecule has 7 nitrogen and oxygen atoms in total. The topological polar surface area (TPSA) is 108 Å². The Bertz CT molecular complexity index is 1380. The SMILES string of the molecule is Cc1c(Cl)cccc1NS(=O)(=O)c1ccc2[nH]cc(C(=O)N[C@@H]3CCCC[C@H]3C)c(=O)c2c1. The molecule has 0 radical (unpaired) electrons. The van der Waals surface area contributed by atoms with Crippen LogP contribution < -0.4 is 15.5 Å². The number of benzene rings is 2. The van der Waals surface area contributed by atoms with E-state index in [2.05, 4.69) is 21.9 Å². The van der Waals surface area contributed by atoms with Crippen molar-refractivity contribution in [1.29, 1.82) is 0 Å². The zero-order valence-electron chi connectivity index (χ0n) is 18.4. The summed E-state index contributed by atoms with van der Waals surface area (Å²) >= 11 is 6.10. The van der Waals surface area contributed by atoms with Crippen molar-refractivity contribution >= 4 is 44.1 Å². The molecule has 1 saturated carbocycles. The van der Waals surface area contributed by atoms with Crippen molar-refractivity contribution in [2.24, 2.45) is 5.92 Å². The fourth-order valence-corrected chi connectivity index (χ4v) is 5.56. The van der Waals surface area contributed by atoms with Gasteiger partial charge in [0.1, 0.15) is 5.56 Å². The molecular formula is C24H26ClN3O4S. The van der Waals surface area contributed by atoms with Crippen LogP contribution in [0.2, 0.25) is 5.02 Å². The molecular weight excluding hydrogens is 462 g/mol. The van der Waals surface area contributed by atoms with Gasteiger partial charge in [-0.05, 0) is 61.6 Å². The van der Waals surface area contributed by atoms with Crippen molar-refractivity contribution in [1.82, 2.24) is 10.3 Å². The molecule has 9 heteroatoms. The third-order valence-corrected chi connectivity index (χ3v) is 8.12. The highest BCUT2D eigenvalue weighted by molar-refractivity contribution is 7.92. The van der Waals surface area contributed by atoms with Crippen LogP contribution >= 0.6 is 11.6 Å². The third kappa shape index (κ3) is 4.77. The molecule has 1 aliphatic rings. The Morgan fingerprint density at radius 2 is 1.91 bits per heavy atom. The smallest absolute Gasteiger partial charge is 0.261 e. The van der Waals surface area contributed by atoms with Gasteiger partial charge in [0.15, 0.2) is 0 Å². The Morgan fingerprint density at radius 3 is 2.67 bits per heavy atom.